The van der Waals surface area contributed by atoms with E-state index >= 15 is 0 Å². The second-order valence-electron chi connectivity index (χ2n) is 4.62. The predicted octanol–water partition coefficient (Wildman–Crippen LogP) is 1.95. The lowest BCUT2D eigenvalue weighted by atomic mass is 9.80. The molecule has 0 radical (unpaired) electrons. The zero-order valence-electron chi connectivity index (χ0n) is 8.48. The number of carbonyl (C=O) groups excluding carboxylic acids is 1. The summed E-state index contributed by atoms with van der Waals surface area (Å²) in [5, 5.41) is 3.04. The van der Waals surface area contributed by atoms with E-state index in [1.165, 1.54) is 12.8 Å². The third-order valence-electron chi connectivity index (χ3n) is 2.94. The molecule has 1 amide bonds. The van der Waals surface area contributed by atoms with Gasteiger partial charge >= 0.3 is 0 Å². The van der Waals surface area contributed by atoms with Crippen LogP contribution in [0.2, 0.25) is 0 Å². The minimum absolute atomic E-state index is 0.208. The monoisotopic (exact) mass is 169 g/mol. The second kappa shape index (κ2) is 3.08. The molecule has 12 heavy (non-hydrogen) atoms. The Morgan fingerprint density at radius 2 is 1.92 bits per heavy atom. The average molecular weight is 169 g/mol. The van der Waals surface area contributed by atoms with Crippen molar-refractivity contribution in [3.63, 3.8) is 0 Å². The smallest absolute Gasteiger partial charge is 0.226 e. The van der Waals surface area contributed by atoms with E-state index < -0.39 is 0 Å². The van der Waals surface area contributed by atoms with Crippen LogP contribution in [0.5, 0.6) is 0 Å². The van der Waals surface area contributed by atoms with Crippen molar-refractivity contribution in [1.82, 2.24) is 5.32 Å². The third kappa shape index (κ3) is 1.99. The molecule has 0 aromatic heterocycles. The van der Waals surface area contributed by atoms with Gasteiger partial charge in [-0.05, 0) is 18.8 Å². The molecule has 0 saturated heterocycles. The molecular weight excluding hydrogens is 150 g/mol. The zero-order chi connectivity index (χ0) is 9.35. The van der Waals surface area contributed by atoms with Gasteiger partial charge in [-0.3, -0.25) is 4.79 Å². The molecule has 2 nitrogen and oxygen atoms in total. The van der Waals surface area contributed by atoms with Crippen LogP contribution in [0.3, 0.4) is 0 Å². The first kappa shape index (κ1) is 9.56. The van der Waals surface area contributed by atoms with Crippen LogP contribution in [-0.2, 0) is 4.79 Å². The summed E-state index contributed by atoms with van der Waals surface area (Å²) in [5.74, 6) is 0.608. The Hall–Kier alpha value is -0.530. The lowest BCUT2D eigenvalue weighted by molar-refractivity contribution is -0.131. The Morgan fingerprint density at radius 1 is 1.42 bits per heavy atom. The number of hydrogen-bond acceptors (Lipinski definition) is 1. The SMILES string of the molecule is CC(C)C(C)(C)C(=O)NC1CC1. The fraction of sp³-hybridized carbons (Fsp3) is 0.900. The van der Waals surface area contributed by atoms with Gasteiger partial charge in [0, 0.05) is 11.5 Å². The number of rotatable bonds is 3. The number of amides is 1. The number of nitrogens with one attached hydrogen (secondary N) is 1. The Labute approximate surface area is 74.7 Å². The molecule has 1 aliphatic carbocycles. The topological polar surface area (TPSA) is 29.1 Å². The van der Waals surface area contributed by atoms with Gasteiger partial charge in [0.1, 0.15) is 0 Å². The molecule has 1 N–H and O–H groups in total. The Morgan fingerprint density at radius 3 is 2.25 bits per heavy atom. The molecule has 0 bridgehead atoms. The highest BCUT2D eigenvalue weighted by molar-refractivity contribution is 5.82. The highest BCUT2D eigenvalue weighted by Crippen LogP contribution is 2.28. The first-order valence-corrected chi connectivity index (χ1v) is 4.75. The van der Waals surface area contributed by atoms with Crippen LogP contribution in [0.4, 0.5) is 0 Å². The van der Waals surface area contributed by atoms with Crippen LogP contribution in [-0.4, -0.2) is 11.9 Å². The van der Waals surface area contributed by atoms with Gasteiger partial charge in [-0.2, -0.15) is 0 Å². The third-order valence-corrected chi connectivity index (χ3v) is 2.94. The average Bonchev–Trinajstić information content (AvgIpc) is 2.71. The van der Waals surface area contributed by atoms with Gasteiger partial charge in [0.05, 0.1) is 0 Å². The molecule has 0 atom stereocenters. The molecule has 1 fully saturated rings. The van der Waals surface area contributed by atoms with Crippen LogP contribution >= 0.6 is 0 Å². The molecule has 1 rings (SSSR count). The molecule has 0 aromatic rings. The van der Waals surface area contributed by atoms with Gasteiger partial charge in [0.2, 0.25) is 5.91 Å². The van der Waals surface area contributed by atoms with Gasteiger partial charge in [0.15, 0.2) is 0 Å². The molecule has 0 spiro atoms. The summed E-state index contributed by atoms with van der Waals surface area (Å²) in [6, 6.07) is 0.482. The quantitative estimate of drug-likeness (QED) is 0.687. The maximum absolute atomic E-state index is 11.6. The van der Waals surface area contributed by atoms with Crippen molar-refractivity contribution in [3.8, 4) is 0 Å². The lowest BCUT2D eigenvalue weighted by Gasteiger charge is -2.27. The van der Waals surface area contributed by atoms with Gasteiger partial charge in [0.25, 0.3) is 0 Å². The van der Waals surface area contributed by atoms with Crippen molar-refractivity contribution in [1.29, 1.82) is 0 Å². The van der Waals surface area contributed by atoms with E-state index in [2.05, 4.69) is 19.2 Å². The van der Waals surface area contributed by atoms with Crippen molar-refractivity contribution >= 4 is 5.91 Å². The molecule has 2 heteroatoms. The van der Waals surface area contributed by atoms with Crippen LogP contribution in [0.1, 0.15) is 40.5 Å². The van der Waals surface area contributed by atoms with Crippen LogP contribution < -0.4 is 5.32 Å². The van der Waals surface area contributed by atoms with E-state index in [0.717, 1.165) is 0 Å². The second-order valence-corrected chi connectivity index (χ2v) is 4.62. The van der Waals surface area contributed by atoms with Gasteiger partial charge in [-0.25, -0.2) is 0 Å². The van der Waals surface area contributed by atoms with Crippen LogP contribution in [0.15, 0.2) is 0 Å². The van der Waals surface area contributed by atoms with Crippen molar-refractivity contribution in [2.24, 2.45) is 11.3 Å². The molecule has 1 aliphatic rings. The molecule has 0 aliphatic heterocycles. The normalized spacial score (nSPS) is 18.1. The van der Waals surface area contributed by atoms with Crippen molar-refractivity contribution in [2.45, 2.75) is 46.6 Å². The van der Waals surface area contributed by atoms with E-state index in [1.807, 2.05) is 13.8 Å². The van der Waals surface area contributed by atoms with E-state index in [9.17, 15) is 4.79 Å². The first-order chi connectivity index (χ1) is 5.44. The summed E-state index contributed by atoms with van der Waals surface area (Å²) in [7, 11) is 0. The molecular formula is C10H19NO. The first-order valence-electron chi connectivity index (χ1n) is 4.75. The summed E-state index contributed by atoms with van der Waals surface area (Å²) >= 11 is 0. The highest BCUT2D eigenvalue weighted by Gasteiger charge is 2.34. The summed E-state index contributed by atoms with van der Waals surface area (Å²) in [4.78, 5) is 11.6. The standard InChI is InChI=1S/C10H19NO/c1-7(2)10(3,4)9(12)11-8-5-6-8/h7-8H,5-6H2,1-4H3,(H,11,12). The summed E-state index contributed by atoms with van der Waals surface area (Å²) in [6.45, 7) is 8.20. The Kier molecular flexibility index (Phi) is 2.45. The molecule has 0 aromatic carbocycles. The van der Waals surface area contributed by atoms with E-state index in [4.69, 9.17) is 0 Å². The fourth-order valence-electron chi connectivity index (χ4n) is 0.861. The molecule has 70 valence electrons. The highest BCUT2D eigenvalue weighted by atomic mass is 16.2. The maximum atomic E-state index is 11.6. The van der Waals surface area contributed by atoms with Crippen LogP contribution in [0.25, 0.3) is 0 Å². The van der Waals surface area contributed by atoms with E-state index in [-0.39, 0.29) is 11.3 Å². The Bertz CT molecular complexity index is 180. The maximum Gasteiger partial charge on any atom is 0.226 e. The van der Waals surface area contributed by atoms with Crippen molar-refractivity contribution in [3.05, 3.63) is 0 Å². The summed E-state index contributed by atoms with van der Waals surface area (Å²) in [6.07, 6.45) is 2.33. The summed E-state index contributed by atoms with van der Waals surface area (Å²) < 4.78 is 0. The van der Waals surface area contributed by atoms with Gasteiger partial charge < -0.3 is 5.32 Å². The summed E-state index contributed by atoms with van der Waals surface area (Å²) in [5.41, 5.74) is -0.220. The number of hydrogen-bond donors (Lipinski definition) is 1. The van der Waals surface area contributed by atoms with E-state index in [0.29, 0.717) is 12.0 Å². The van der Waals surface area contributed by atoms with Gasteiger partial charge in [-0.1, -0.05) is 27.7 Å². The Balaban J connectivity index is 2.47. The fourth-order valence-corrected chi connectivity index (χ4v) is 0.861. The predicted molar refractivity (Wildman–Crippen MR) is 49.8 cm³/mol. The zero-order valence-corrected chi connectivity index (χ0v) is 8.48. The molecule has 1 saturated carbocycles. The number of carbonyl (C=O) groups is 1. The van der Waals surface area contributed by atoms with Gasteiger partial charge in [-0.15, -0.1) is 0 Å². The van der Waals surface area contributed by atoms with Crippen molar-refractivity contribution < 1.29 is 4.79 Å². The van der Waals surface area contributed by atoms with Crippen LogP contribution in [0, 0.1) is 11.3 Å². The minimum Gasteiger partial charge on any atom is -0.353 e. The van der Waals surface area contributed by atoms with E-state index in [1.54, 1.807) is 0 Å². The molecule has 0 heterocycles. The minimum atomic E-state index is -0.220. The van der Waals surface area contributed by atoms with Crippen molar-refractivity contribution in [2.75, 3.05) is 0 Å². The largest absolute Gasteiger partial charge is 0.353 e. The lowest BCUT2D eigenvalue weighted by Crippen LogP contribution is -2.41. The molecule has 0 unspecified atom stereocenters.